The molecule has 0 saturated heterocycles. The van der Waals surface area contributed by atoms with Gasteiger partial charge in [0, 0.05) is 28.1 Å². The van der Waals surface area contributed by atoms with Crippen molar-refractivity contribution in [2.45, 2.75) is 52.4 Å². The summed E-state index contributed by atoms with van der Waals surface area (Å²) < 4.78 is 0. The normalized spacial score (nSPS) is 12.9. The molecule has 1 N–H and O–H groups in total. The van der Waals surface area contributed by atoms with Crippen LogP contribution in [0.3, 0.4) is 0 Å². The Morgan fingerprint density at radius 1 is 1.00 bits per heavy atom. The van der Waals surface area contributed by atoms with Gasteiger partial charge in [0.25, 0.3) is 5.56 Å². The molecule has 0 atom stereocenters. The van der Waals surface area contributed by atoms with Crippen LogP contribution in [-0.2, 0) is 10.8 Å². The summed E-state index contributed by atoms with van der Waals surface area (Å²) in [5, 5.41) is 1.68. The fourth-order valence-corrected chi connectivity index (χ4v) is 2.15. The van der Waals surface area contributed by atoms with Gasteiger partial charge in [-0.25, -0.2) is 0 Å². The quantitative estimate of drug-likeness (QED) is 0.786. The largest absolute Gasteiger partial charge is 0.329 e. The van der Waals surface area contributed by atoms with Crippen molar-refractivity contribution in [3.63, 3.8) is 0 Å². The number of rotatable bonds is 0. The summed E-state index contributed by atoms with van der Waals surface area (Å²) in [5.41, 5.74) is 1.74. The van der Waals surface area contributed by atoms with Crippen LogP contribution in [0, 0.1) is 0 Å². The van der Waals surface area contributed by atoms with Gasteiger partial charge < -0.3 is 4.98 Å². The van der Waals surface area contributed by atoms with Crippen molar-refractivity contribution in [3.8, 4) is 0 Å². The number of hydrogen-bond donors (Lipinski definition) is 1. The van der Waals surface area contributed by atoms with Gasteiger partial charge >= 0.3 is 0 Å². The molecule has 2 aromatic rings. The van der Waals surface area contributed by atoms with Gasteiger partial charge in [0.05, 0.1) is 11.1 Å². The fourth-order valence-electron chi connectivity index (χ4n) is 2.15. The van der Waals surface area contributed by atoms with Crippen LogP contribution in [0.15, 0.2) is 23.1 Å². The third-order valence-electron chi connectivity index (χ3n) is 3.25. The lowest BCUT2D eigenvalue weighted by Gasteiger charge is -2.25. The first kappa shape index (κ1) is 13.8. The fraction of sp³-hybridized carbons (Fsp3) is 0.500. The third kappa shape index (κ3) is 2.55. The average Bonchev–Trinajstić information content (AvgIpc) is 2.25. The molecular formula is C16H22N2O. The zero-order valence-electron chi connectivity index (χ0n) is 12.6. The molecule has 3 heteroatoms. The van der Waals surface area contributed by atoms with Crippen LogP contribution in [0.5, 0.6) is 0 Å². The Hall–Kier alpha value is -1.64. The molecule has 19 heavy (non-hydrogen) atoms. The molecule has 0 amide bonds. The second-order valence-electron chi connectivity index (χ2n) is 7.12. The topological polar surface area (TPSA) is 45.8 Å². The first-order valence-electron chi connectivity index (χ1n) is 6.64. The molecule has 0 unspecified atom stereocenters. The summed E-state index contributed by atoms with van der Waals surface area (Å²) in [6.45, 7) is 12.7. The molecule has 3 nitrogen and oxygen atoms in total. The predicted molar refractivity (Wildman–Crippen MR) is 79.8 cm³/mol. The van der Waals surface area contributed by atoms with Crippen LogP contribution in [0.2, 0.25) is 0 Å². The highest BCUT2D eigenvalue weighted by atomic mass is 16.1. The molecule has 0 radical (unpaired) electrons. The Bertz CT molecular complexity index is 670. The third-order valence-corrected chi connectivity index (χ3v) is 3.25. The lowest BCUT2D eigenvalue weighted by atomic mass is 9.85. The first-order chi connectivity index (χ1) is 8.60. The Kier molecular flexibility index (Phi) is 3.04. The van der Waals surface area contributed by atoms with E-state index < -0.39 is 0 Å². The van der Waals surface area contributed by atoms with E-state index in [4.69, 9.17) is 4.98 Å². The minimum Gasteiger partial charge on any atom is -0.329 e. The summed E-state index contributed by atoms with van der Waals surface area (Å²) in [4.78, 5) is 19.6. The number of nitrogens with zero attached hydrogens (tertiary/aromatic N) is 1. The molecule has 0 fully saturated rings. The molecule has 0 aromatic carbocycles. The van der Waals surface area contributed by atoms with Crippen LogP contribution in [-0.4, -0.2) is 9.97 Å². The molecule has 0 aliphatic rings. The van der Waals surface area contributed by atoms with Gasteiger partial charge in [-0.3, -0.25) is 9.78 Å². The predicted octanol–water partition coefficient (Wildman–Crippen LogP) is 3.52. The number of fused-ring (bicyclic) bond motifs is 1. The lowest BCUT2D eigenvalue weighted by molar-refractivity contribution is 0.536. The van der Waals surface area contributed by atoms with Crippen LogP contribution < -0.4 is 5.56 Å². The Morgan fingerprint density at radius 3 is 2.16 bits per heavy atom. The molecule has 2 aromatic heterocycles. The van der Waals surface area contributed by atoms with E-state index in [9.17, 15) is 4.79 Å². The minimum atomic E-state index is -0.0900. The SMILES string of the molecule is CC(C)(C)c1cc2c(=O)[nH]ccc2c(C(C)(C)C)n1. The van der Waals surface area contributed by atoms with Gasteiger partial charge in [-0.2, -0.15) is 0 Å². The molecule has 0 aliphatic carbocycles. The second-order valence-corrected chi connectivity index (χ2v) is 7.12. The van der Waals surface area contributed by atoms with Crippen molar-refractivity contribution in [1.82, 2.24) is 9.97 Å². The summed E-state index contributed by atoms with van der Waals surface area (Å²) in [5.74, 6) is 0. The molecule has 0 saturated carbocycles. The number of hydrogen-bond acceptors (Lipinski definition) is 2. The van der Waals surface area contributed by atoms with Crippen molar-refractivity contribution in [2.24, 2.45) is 0 Å². The Balaban J connectivity index is 2.93. The Labute approximate surface area is 114 Å². The van der Waals surface area contributed by atoms with Crippen molar-refractivity contribution in [1.29, 1.82) is 0 Å². The van der Waals surface area contributed by atoms with Crippen molar-refractivity contribution >= 4 is 10.8 Å². The van der Waals surface area contributed by atoms with Gasteiger partial charge in [0.15, 0.2) is 0 Å². The number of aromatic amines is 1. The van der Waals surface area contributed by atoms with Crippen LogP contribution in [0.25, 0.3) is 10.8 Å². The zero-order chi connectivity index (χ0) is 14.4. The molecule has 0 aliphatic heterocycles. The summed E-state index contributed by atoms with van der Waals surface area (Å²) >= 11 is 0. The molecule has 102 valence electrons. The van der Waals surface area contributed by atoms with Crippen LogP contribution in [0.1, 0.15) is 52.9 Å². The maximum absolute atomic E-state index is 12.1. The number of pyridine rings is 2. The first-order valence-corrected chi connectivity index (χ1v) is 6.64. The van der Waals surface area contributed by atoms with Crippen molar-refractivity contribution < 1.29 is 0 Å². The number of aromatic nitrogens is 2. The highest BCUT2D eigenvalue weighted by Gasteiger charge is 2.24. The van der Waals surface area contributed by atoms with E-state index >= 15 is 0 Å². The Morgan fingerprint density at radius 2 is 1.63 bits per heavy atom. The highest BCUT2D eigenvalue weighted by molar-refractivity contribution is 5.84. The van der Waals surface area contributed by atoms with Gasteiger partial charge in [0.2, 0.25) is 0 Å². The van der Waals surface area contributed by atoms with Gasteiger partial charge in [-0.15, -0.1) is 0 Å². The minimum absolute atomic E-state index is 0.0455. The molecule has 2 heterocycles. The molecule has 2 rings (SSSR count). The summed E-state index contributed by atoms with van der Waals surface area (Å²) in [7, 11) is 0. The van der Waals surface area contributed by atoms with E-state index in [-0.39, 0.29) is 16.4 Å². The standard InChI is InChI=1S/C16H22N2O/c1-15(2,3)12-9-11-10(7-8-17-14(11)19)13(18-12)16(4,5)6/h7-9H,1-6H3,(H,17,19). The van der Waals surface area contributed by atoms with E-state index in [1.54, 1.807) is 6.20 Å². The average molecular weight is 258 g/mol. The molecular weight excluding hydrogens is 236 g/mol. The number of H-pyrrole nitrogens is 1. The second kappa shape index (κ2) is 4.19. The van der Waals surface area contributed by atoms with E-state index in [1.807, 2.05) is 12.1 Å². The summed E-state index contributed by atoms with van der Waals surface area (Å²) in [6.07, 6.45) is 1.69. The number of nitrogens with one attached hydrogen (secondary N) is 1. The van der Waals surface area contributed by atoms with Gasteiger partial charge in [0.1, 0.15) is 0 Å². The smallest absolute Gasteiger partial charge is 0.255 e. The monoisotopic (exact) mass is 258 g/mol. The molecule has 0 bridgehead atoms. The van der Waals surface area contributed by atoms with E-state index in [2.05, 4.69) is 46.5 Å². The maximum atomic E-state index is 12.1. The van der Waals surface area contributed by atoms with E-state index in [0.717, 1.165) is 22.2 Å². The van der Waals surface area contributed by atoms with Crippen LogP contribution in [0.4, 0.5) is 0 Å². The van der Waals surface area contributed by atoms with Crippen molar-refractivity contribution in [2.75, 3.05) is 0 Å². The highest BCUT2D eigenvalue weighted by Crippen LogP contribution is 2.30. The lowest BCUT2D eigenvalue weighted by Crippen LogP contribution is -2.22. The zero-order valence-corrected chi connectivity index (χ0v) is 12.6. The van der Waals surface area contributed by atoms with Gasteiger partial charge in [-0.1, -0.05) is 41.5 Å². The van der Waals surface area contributed by atoms with E-state index in [0.29, 0.717) is 0 Å². The molecule has 0 spiro atoms. The van der Waals surface area contributed by atoms with Crippen molar-refractivity contribution in [3.05, 3.63) is 40.1 Å². The maximum Gasteiger partial charge on any atom is 0.255 e. The summed E-state index contributed by atoms with van der Waals surface area (Å²) in [6, 6.07) is 3.86. The van der Waals surface area contributed by atoms with Crippen LogP contribution >= 0.6 is 0 Å². The van der Waals surface area contributed by atoms with Gasteiger partial charge in [-0.05, 0) is 12.1 Å². The van der Waals surface area contributed by atoms with E-state index in [1.165, 1.54) is 0 Å².